The molecule has 0 aromatic heterocycles. The van der Waals surface area contributed by atoms with Crippen LogP contribution in [0.2, 0.25) is 0 Å². The van der Waals surface area contributed by atoms with E-state index in [0.717, 1.165) is 28.9 Å². The summed E-state index contributed by atoms with van der Waals surface area (Å²) >= 11 is 6.78. The first-order valence-corrected chi connectivity index (χ1v) is 13.0. The minimum Gasteiger partial charge on any atom is -0.493 e. The van der Waals surface area contributed by atoms with Crippen LogP contribution in [0.25, 0.3) is 6.08 Å². The lowest BCUT2D eigenvalue weighted by molar-refractivity contribution is -0.122. The molecule has 0 N–H and O–H groups in total. The largest absolute Gasteiger partial charge is 0.493 e. The van der Waals surface area contributed by atoms with Crippen LogP contribution < -0.4 is 14.2 Å². The van der Waals surface area contributed by atoms with Gasteiger partial charge in [-0.05, 0) is 60.4 Å². The van der Waals surface area contributed by atoms with Crippen molar-refractivity contribution in [3.63, 3.8) is 0 Å². The molecule has 5 nitrogen and oxygen atoms in total. The van der Waals surface area contributed by atoms with Crippen molar-refractivity contribution in [2.75, 3.05) is 20.3 Å². The predicted molar refractivity (Wildman–Crippen MR) is 150 cm³/mol. The van der Waals surface area contributed by atoms with Crippen molar-refractivity contribution in [2.24, 2.45) is 0 Å². The van der Waals surface area contributed by atoms with Gasteiger partial charge in [-0.1, -0.05) is 72.5 Å². The molecule has 4 rings (SSSR count). The molecule has 36 heavy (non-hydrogen) atoms. The highest BCUT2D eigenvalue weighted by Crippen LogP contribution is 2.35. The monoisotopic (exact) mass is 519 g/mol. The smallest absolute Gasteiger partial charge is 0.266 e. The van der Waals surface area contributed by atoms with Crippen LogP contribution in [0.5, 0.6) is 17.2 Å². The fourth-order valence-electron chi connectivity index (χ4n) is 3.75. The molecule has 0 aliphatic carbocycles. The number of aryl methyl sites for hydroxylation is 1. The standard InChI is InChI=1S/C29H29NO4S2/c1-20-9-7-12-24(21(20)2)33-15-8-16-34-25-14-13-23(17-26(25)32-3)18-27-28(31)30(29(35)36-27)19-22-10-5-4-6-11-22/h4-7,9-14,17-18H,8,15-16,19H2,1-3H3. The molecule has 3 aromatic carbocycles. The Morgan fingerprint density at radius 2 is 1.67 bits per heavy atom. The van der Waals surface area contributed by atoms with E-state index in [1.165, 1.54) is 17.3 Å². The van der Waals surface area contributed by atoms with Gasteiger partial charge in [-0.15, -0.1) is 0 Å². The maximum atomic E-state index is 13.0. The molecule has 7 heteroatoms. The van der Waals surface area contributed by atoms with E-state index in [9.17, 15) is 4.79 Å². The van der Waals surface area contributed by atoms with Crippen molar-refractivity contribution >= 4 is 40.3 Å². The Morgan fingerprint density at radius 3 is 2.42 bits per heavy atom. The first kappa shape index (κ1) is 25.8. The average molecular weight is 520 g/mol. The quantitative estimate of drug-likeness (QED) is 0.172. The number of thiocarbonyl (C=S) groups is 1. The topological polar surface area (TPSA) is 48.0 Å². The van der Waals surface area contributed by atoms with Crippen LogP contribution >= 0.6 is 24.0 Å². The van der Waals surface area contributed by atoms with E-state index in [1.807, 2.05) is 66.7 Å². The molecule has 186 valence electrons. The van der Waals surface area contributed by atoms with E-state index in [4.69, 9.17) is 26.4 Å². The minimum atomic E-state index is -0.0861. The summed E-state index contributed by atoms with van der Waals surface area (Å²) in [4.78, 5) is 15.2. The Kier molecular flexibility index (Phi) is 8.67. The maximum Gasteiger partial charge on any atom is 0.266 e. The summed E-state index contributed by atoms with van der Waals surface area (Å²) in [6.07, 6.45) is 2.58. The third-order valence-electron chi connectivity index (χ3n) is 5.90. The van der Waals surface area contributed by atoms with Crippen molar-refractivity contribution in [3.05, 3.63) is 93.9 Å². The molecule has 1 aliphatic heterocycles. The first-order chi connectivity index (χ1) is 17.5. The SMILES string of the molecule is COc1cc(C=C2SC(=S)N(Cc3ccccc3)C2=O)ccc1OCCCOc1cccc(C)c1C. The van der Waals surface area contributed by atoms with Crippen molar-refractivity contribution < 1.29 is 19.0 Å². The van der Waals surface area contributed by atoms with E-state index in [2.05, 4.69) is 19.9 Å². The van der Waals surface area contributed by atoms with Gasteiger partial charge in [0.25, 0.3) is 5.91 Å². The van der Waals surface area contributed by atoms with E-state index < -0.39 is 0 Å². The molecule has 1 heterocycles. The van der Waals surface area contributed by atoms with Gasteiger partial charge in [-0.25, -0.2) is 0 Å². The van der Waals surface area contributed by atoms with Gasteiger partial charge in [-0.3, -0.25) is 9.69 Å². The molecule has 1 saturated heterocycles. The summed E-state index contributed by atoms with van der Waals surface area (Å²) < 4.78 is 17.9. The van der Waals surface area contributed by atoms with Gasteiger partial charge in [0.15, 0.2) is 11.5 Å². The molecule has 0 radical (unpaired) electrons. The van der Waals surface area contributed by atoms with E-state index >= 15 is 0 Å². The molecule has 0 spiro atoms. The van der Waals surface area contributed by atoms with Crippen LogP contribution in [-0.4, -0.2) is 35.5 Å². The van der Waals surface area contributed by atoms with Crippen LogP contribution in [0.4, 0.5) is 0 Å². The summed E-state index contributed by atoms with van der Waals surface area (Å²) in [6, 6.07) is 21.5. The van der Waals surface area contributed by atoms with E-state index in [1.54, 1.807) is 12.0 Å². The molecular weight excluding hydrogens is 490 g/mol. The average Bonchev–Trinajstić information content (AvgIpc) is 3.14. The molecule has 1 amide bonds. The van der Waals surface area contributed by atoms with Gasteiger partial charge < -0.3 is 14.2 Å². The van der Waals surface area contributed by atoms with Gasteiger partial charge in [0.1, 0.15) is 10.1 Å². The molecule has 0 atom stereocenters. The van der Waals surface area contributed by atoms with Gasteiger partial charge in [-0.2, -0.15) is 0 Å². The third kappa shape index (κ3) is 6.28. The summed E-state index contributed by atoms with van der Waals surface area (Å²) in [7, 11) is 1.61. The van der Waals surface area contributed by atoms with E-state index in [-0.39, 0.29) is 5.91 Å². The number of carbonyl (C=O) groups excluding carboxylic acids is 1. The number of methoxy groups -OCH3 is 1. The molecular formula is C29H29NO4S2. The van der Waals surface area contributed by atoms with E-state index in [0.29, 0.717) is 40.5 Å². The van der Waals surface area contributed by atoms with Gasteiger partial charge in [0.05, 0.1) is 31.8 Å². The fourth-order valence-corrected chi connectivity index (χ4v) is 5.01. The summed E-state index contributed by atoms with van der Waals surface area (Å²) in [5.41, 5.74) is 4.26. The Labute approximate surface area is 222 Å². The number of ether oxygens (including phenoxy) is 3. The highest BCUT2D eigenvalue weighted by Gasteiger charge is 2.32. The molecule has 3 aromatic rings. The lowest BCUT2D eigenvalue weighted by Gasteiger charge is -2.14. The van der Waals surface area contributed by atoms with Crippen LogP contribution in [0.3, 0.4) is 0 Å². The van der Waals surface area contributed by atoms with Crippen molar-refractivity contribution in [1.29, 1.82) is 0 Å². The number of carbonyl (C=O) groups is 1. The van der Waals surface area contributed by atoms with Crippen molar-refractivity contribution in [2.45, 2.75) is 26.8 Å². The number of nitrogens with zero attached hydrogens (tertiary/aromatic N) is 1. The Bertz CT molecular complexity index is 1270. The van der Waals surface area contributed by atoms with Crippen LogP contribution in [0.1, 0.15) is 28.7 Å². The van der Waals surface area contributed by atoms with Crippen molar-refractivity contribution in [3.8, 4) is 17.2 Å². The zero-order chi connectivity index (χ0) is 25.5. The number of amides is 1. The number of hydrogen-bond acceptors (Lipinski definition) is 6. The highest BCUT2D eigenvalue weighted by atomic mass is 32.2. The second-order valence-corrected chi connectivity index (χ2v) is 10.1. The van der Waals surface area contributed by atoms with Crippen LogP contribution in [0, 0.1) is 13.8 Å². The molecule has 1 fully saturated rings. The Hall–Kier alpha value is -3.29. The zero-order valence-corrected chi connectivity index (χ0v) is 22.3. The lowest BCUT2D eigenvalue weighted by Crippen LogP contribution is -2.27. The lowest BCUT2D eigenvalue weighted by atomic mass is 10.1. The molecule has 0 unspecified atom stereocenters. The van der Waals surface area contributed by atoms with Crippen molar-refractivity contribution in [1.82, 2.24) is 4.90 Å². The highest BCUT2D eigenvalue weighted by molar-refractivity contribution is 8.26. The normalized spacial score (nSPS) is 14.4. The molecule has 1 aliphatic rings. The summed E-state index contributed by atoms with van der Waals surface area (Å²) in [5.74, 6) is 2.08. The molecule has 0 bridgehead atoms. The Morgan fingerprint density at radius 1 is 0.917 bits per heavy atom. The maximum absolute atomic E-state index is 13.0. The van der Waals surface area contributed by atoms with Crippen LogP contribution in [0.15, 0.2) is 71.6 Å². The summed E-state index contributed by atoms with van der Waals surface area (Å²) in [5, 5.41) is 0. The fraction of sp³-hybridized carbons (Fsp3) is 0.241. The second kappa shape index (κ2) is 12.1. The predicted octanol–water partition coefficient (Wildman–Crippen LogP) is 6.56. The van der Waals surface area contributed by atoms with Crippen LogP contribution in [-0.2, 0) is 11.3 Å². The number of rotatable bonds is 10. The first-order valence-electron chi connectivity index (χ1n) is 11.8. The Balaban J connectivity index is 1.34. The third-order valence-corrected chi connectivity index (χ3v) is 7.28. The molecule has 0 saturated carbocycles. The second-order valence-electron chi connectivity index (χ2n) is 8.41. The number of hydrogen-bond donors (Lipinski definition) is 0. The number of thioether (sulfide) groups is 1. The minimum absolute atomic E-state index is 0.0861. The van der Waals surface area contributed by atoms with Gasteiger partial charge in [0, 0.05) is 6.42 Å². The zero-order valence-electron chi connectivity index (χ0n) is 20.7. The van der Waals surface area contributed by atoms with Gasteiger partial charge >= 0.3 is 0 Å². The summed E-state index contributed by atoms with van der Waals surface area (Å²) in [6.45, 7) is 5.67. The van der Waals surface area contributed by atoms with Gasteiger partial charge in [0.2, 0.25) is 0 Å². The number of benzene rings is 3.